The topological polar surface area (TPSA) is 59.2 Å². The van der Waals surface area contributed by atoms with Gasteiger partial charge in [-0.15, -0.1) is 33.4 Å². The molecule has 0 saturated heterocycles. The average Bonchev–Trinajstić information content (AvgIpc) is 3.10. The Kier molecular flexibility index (Phi) is 4.90. The zero-order valence-corrected chi connectivity index (χ0v) is 17.2. The lowest BCUT2D eigenvalue weighted by atomic mass is 10.1. The van der Waals surface area contributed by atoms with Gasteiger partial charge < -0.3 is 9.32 Å². The van der Waals surface area contributed by atoms with Crippen molar-refractivity contribution in [1.82, 2.24) is 15.1 Å². The molecule has 27 heavy (non-hydrogen) atoms. The van der Waals surface area contributed by atoms with E-state index < -0.39 is 9.75 Å². The highest BCUT2D eigenvalue weighted by Gasteiger charge is 2.69. The molecule has 2 fully saturated rings. The van der Waals surface area contributed by atoms with Crippen molar-refractivity contribution in [2.45, 2.75) is 55.9 Å². The van der Waals surface area contributed by atoms with Crippen molar-refractivity contribution in [1.29, 1.82) is 0 Å². The van der Waals surface area contributed by atoms with E-state index in [-0.39, 0.29) is 18.5 Å². The van der Waals surface area contributed by atoms with Crippen molar-refractivity contribution in [3.63, 3.8) is 0 Å². The van der Waals surface area contributed by atoms with Crippen LogP contribution in [0.1, 0.15) is 44.9 Å². The molecule has 4 rings (SSSR count). The number of hydrogen-bond acceptors (Lipinski definition) is 4. The molecule has 0 unspecified atom stereocenters. The molecule has 0 spiro atoms. The monoisotopic (exact) mass is 427 g/mol. The van der Waals surface area contributed by atoms with Crippen molar-refractivity contribution in [2.75, 3.05) is 0 Å². The van der Waals surface area contributed by atoms with Gasteiger partial charge in [0.05, 0.1) is 12.0 Å². The fraction of sp³-hybridized carbons (Fsp3) is 0.526. The predicted octanol–water partition coefficient (Wildman–Crippen LogP) is 5.25. The van der Waals surface area contributed by atoms with Crippen molar-refractivity contribution >= 4 is 40.7 Å². The summed E-state index contributed by atoms with van der Waals surface area (Å²) in [5.74, 6) is 0.770. The predicted molar refractivity (Wildman–Crippen MR) is 105 cm³/mol. The Morgan fingerprint density at radius 2 is 1.85 bits per heavy atom. The number of rotatable bonds is 5. The highest BCUT2D eigenvalue weighted by atomic mass is 35.5. The van der Waals surface area contributed by atoms with Crippen LogP contribution in [0.4, 0.5) is 0 Å². The fourth-order valence-electron chi connectivity index (χ4n) is 3.70. The normalized spacial score (nSPS) is 24.1. The number of alkyl halides is 2. The first kappa shape index (κ1) is 19.0. The van der Waals surface area contributed by atoms with Crippen LogP contribution in [-0.2, 0) is 11.3 Å². The molecule has 1 aromatic carbocycles. The zero-order valence-electron chi connectivity index (χ0n) is 14.9. The van der Waals surface area contributed by atoms with E-state index in [2.05, 4.69) is 10.2 Å². The molecule has 2 aliphatic carbocycles. The average molecular weight is 429 g/mol. The number of hydrogen-bond donors (Lipinski definition) is 0. The van der Waals surface area contributed by atoms with Gasteiger partial charge in [-0.25, -0.2) is 0 Å². The lowest BCUT2D eigenvalue weighted by molar-refractivity contribution is -0.140. The molecule has 1 amide bonds. The third-order valence-electron chi connectivity index (χ3n) is 5.62. The van der Waals surface area contributed by atoms with Gasteiger partial charge in [0.25, 0.3) is 0 Å². The van der Waals surface area contributed by atoms with E-state index in [1.807, 2.05) is 24.0 Å². The highest BCUT2D eigenvalue weighted by Crippen LogP contribution is 2.64. The van der Waals surface area contributed by atoms with E-state index in [0.717, 1.165) is 31.2 Å². The molecule has 2 aromatic rings. The summed E-state index contributed by atoms with van der Waals surface area (Å²) in [6.07, 6.45) is 4.62. The van der Waals surface area contributed by atoms with E-state index >= 15 is 0 Å². The molecule has 0 aliphatic heterocycles. The maximum atomic E-state index is 13.2. The maximum Gasteiger partial charge on any atom is 0.247 e. The molecular formula is C19H20Cl3N3O2. The summed E-state index contributed by atoms with van der Waals surface area (Å²) in [4.78, 5) is 15.0. The van der Waals surface area contributed by atoms with Gasteiger partial charge >= 0.3 is 0 Å². The Balaban J connectivity index is 1.55. The number of carbonyl (C=O) groups excluding carboxylic acids is 1. The van der Waals surface area contributed by atoms with Gasteiger partial charge in [0.1, 0.15) is 4.33 Å². The Morgan fingerprint density at radius 1 is 1.22 bits per heavy atom. The molecule has 2 aliphatic rings. The minimum atomic E-state index is -0.996. The van der Waals surface area contributed by atoms with Crippen LogP contribution in [0.25, 0.3) is 11.5 Å². The smallest absolute Gasteiger partial charge is 0.247 e. The van der Waals surface area contributed by atoms with Crippen LogP contribution in [0, 0.1) is 5.41 Å². The van der Waals surface area contributed by atoms with Crippen LogP contribution in [0.2, 0.25) is 5.02 Å². The van der Waals surface area contributed by atoms with Crippen LogP contribution in [-0.4, -0.2) is 31.4 Å². The van der Waals surface area contributed by atoms with E-state index in [1.165, 1.54) is 0 Å². The lowest BCUT2D eigenvalue weighted by Gasteiger charge is -2.31. The van der Waals surface area contributed by atoms with E-state index in [4.69, 9.17) is 39.2 Å². The molecule has 8 heteroatoms. The number of amides is 1. The Labute approximate surface area is 173 Å². The summed E-state index contributed by atoms with van der Waals surface area (Å²) in [7, 11) is 0. The van der Waals surface area contributed by atoms with Crippen molar-refractivity contribution in [2.24, 2.45) is 5.41 Å². The van der Waals surface area contributed by atoms with Crippen LogP contribution in [0.3, 0.4) is 0 Å². The third-order valence-corrected chi connectivity index (χ3v) is 6.97. The molecule has 0 bridgehead atoms. The van der Waals surface area contributed by atoms with Gasteiger partial charge in [0.2, 0.25) is 17.7 Å². The number of benzene rings is 1. The number of carbonyl (C=O) groups is 1. The van der Waals surface area contributed by atoms with Crippen molar-refractivity contribution in [3.8, 4) is 11.5 Å². The van der Waals surface area contributed by atoms with Gasteiger partial charge in [0, 0.05) is 16.6 Å². The standard InChI is InChI=1S/C19H20Cl3N3O2/c1-18(11-19(18,21)22)17(26)25(14-4-2-3-5-14)10-15-23-24-16(27-15)12-6-8-13(20)9-7-12/h6-9,14H,2-5,10-11H2,1H3/t18-/m0/s1. The second-order valence-electron chi connectivity index (χ2n) is 7.59. The first-order chi connectivity index (χ1) is 12.8. The minimum Gasteiger partial charge on any atom is -0.419 e. The Morgan fingerprint density at radius 3 is 2.44 bits per heavy atom. The molecule has 5 nitrogen and oxygen atoms in total. The molecule has 0 radical (unpaired) electrons. The van der Waals surface area contributed by atoms with Gasteiger partial charge in [-0.1, -0.05) is 24.4 Å². The summed E-state index contributed by atoms with van der Waals surface area (Å²) in [5.41, 5.74) is 0.0316. The lowest BCUT2D eigenvalue weighted by Crippen LogP contribution is -2.43. The summed E-state index contributed by atoms with van der Waals surface area (Å²) in [6, 6.07) is 7.33. The van der Waals surface area contributed by atoms with Crippen LogP contribution in [0.15, 0.2) is 28.7 Å². The van der Waals surface area contributed by atoms with Crippen LogP contribution >= 0.6 is 34.8 Å². The highest BCUT2D eigenvalue weighted by molar-refractivity contribution is 6.53. The third kappa shape index (κ3) is 3.57. The maximum absolute atomic E-state index is 13.2. The molecular weight excluding hydrogens is 409 g/mol. The molecule has 2 saturated carbocycles. The SMILES string of the molecule is C[C@@]1(C(=O)N(Cc2nnc(-c3ccc(Cl)cc3)o2)C2CCCC2)CC1(Cl)Cl. The molecule has 144 valence electrons. The minimum absolute atomic E-state index is 0.0364. The molecule has 1 heterocycles. The summed E-state index contributed by atoms with van der Waals surface area (Å²) >= 11 is 18.4. The van der Waals surface area contributed by atoms with Gasteiger partial charge in [0.15, 0.2) is 0 Å². The number of halogens is 3. The molecule has 0 N–H and O–H groups in total. The largest absolute Gasteiger partial charge is 0.419 e. The van der Waals surface area contributed by atoms with Crippen molar-refractivity contribution < 1.29 is 9.21 Å². The van der Waals surface area contributed by atoms with Gasteiger partial charge in [-0.2, -0.15) is 0 Å². The number of nitrogens with zero attached hydrogens (tertiary/aromatic N) is 3. The van der Waals surface area contributed by atoms with Crippen LogP contribution in [0.5, 0.6) is 0 Å². The van der Waals surface area contributed by atoms with Gasteiger partial charge in [-0.3, -0.25) is 4.79 Å². The Hall–Kier alpha value is -1.30. The van der Waals surface area contributed by atoms with E-state index in [1.54, 1.807) is 12.1 Å². The van der Waals surface area contributed by atoms with Gasteiger partial charge in [-0.05, 0) is 50.5 Å². The van der Waals surface area contributed by atoms with Crippen LogP contribution < -0.4 is 0 Å². The summed E-state index contributed by atoms with van der Waals surface area (Å²) in [6.45, 7) is 2.09. The zero-order chi connectivity index (χ0) is 19.2. The van der Waals surface area contributed by atoms with E-state index in [9.17, 15) is 4.79 Å². The van der Waals surface area contributed by atoms with Crippen molar-refractivity contribution in [3.05, 3.63) is 35.2 Å². The second kappa shape index (κ2) is 6.94. The molecule has 1 aromatic heterocycles. The summed E-state index contributed by atoms with van der Waals surface area (Å²) in [5, 5.41) is 8.89. The summed E-state index contributed by atoms with van der Waals surface area (Å²) < 4.78 is 4.81. The van der Waals surface area contributed by atoms with E-state index in [0.29, 0.717) is 23.2 Å². The quantitative estimate of drug-likeness (QED) is 0.611. The fourth-order valence-corrected chi connectivity index (χ4v) is 4.53. The Bertz CT molecular complexity index is 846. The second-order valence-corrected chi connectivity index (χ2v) is 9.51. The number of aromatic nitrogens is 2. The molecule has 1 atom stereocenters. The first-order valence-corrected chi connectivity index (χ1v) is 10.2. The first-order valence-electron chi connectivity index (χ1n) is 9.07.